The molecule has 0 amide bonds. The lowest BCUT2D eigenvalue weighted by molar-refractivity contribution is -0.137. The molecule has 1 unspecified atom stereocenters. The number of nitrogens with zero attached hydrogens (tertiary/aromatic N) is 2. The first-order valence-electron chi connectivity index (χ1n) is 5.82. The number of aromatic nitrogens is 2. The molecule has 1 N–H and O–H groups in total. The zero-order valence-electron chi connectivity index (χ0n) is 10.6. The van der Waals surface area contributed by atoms with Gasteiger partial charge in [0.1, 0.15) is 5.75 Å². The largest absolute Gasteiger partial charge is 0.497 e. The van der Waals surface area contributed by atoms with Gasteiger partial charge in [-0.05, 0) is 17.7 Å². The number of hydrogen-bond donors (Lipinski definition) is 1. The first-order valence-corrected chi connectivity index (χ1v) is 5.82. The molecule has 0 bridgehead atoms. The normalized spacial score (nSPS) is 13.2. The third kappa shape index (κ3) is 3.30. The molecule has 0 saturated carbocycles. The molecule has 0 saturated heterocycles. The van der Waals surface area contributed by atoms with Gasteiger partial charge in [0, 0.05) is 6.20 Å². The number of alkyl halides is 3. The van der Waals surface area contributed by atoms with Crippen LogP contribution in [-0.2, 0) is 12.7 Å². The summed E-state index contributed by atoms with van der Waals surface area (Å²) in [6.45, 7) is -0.0532. The zero-order chi connectivity index (χ0) is 14.8. The standard InChI is InChI=1S/C13H13F3N2O2/c1-20-11-4-2-9(3-5-11)12(19)8-18-7-10(6-17-18)13(14,15)16/h2-7,12,19H,8H2,1H3. The monoisotopic (exact) mass is 286 g/mol. The Morgan fingerprint density at radius 1 is 1.30 bits per heavy atom. The number of rotatable bonds is 4. The van der Waals surface area contributed by atoms with Crippen LogP contribution < -0.4 is 4.74 Å². The molecule has 1 atom stereocenters. The minimum absolute atomic E-state index is 0.0532. The summed E-state index contributed by atoms with van der Waals surface area (Å²) in [7, 11) is 1.52. The zero-order valence-corrected chi connectivity index (χ0v) is 10.6. The van der Waals surface area contributed by atoms with Crippen LogP contribution in [0.5, 0.6) is 5.75 Å². The van der Waals surface area contributed by atoms with Gasteiger partial charge in [-0.15, -0.1) is 0 Å². The van der Waals surface area contributed by atoms with Gasteiger partial charge in [0.15, 0.2) is 0 Å². The summed E-state index contributed by atoms with van der Waals surface area (Å²) in [5.74, 6) is 0.638. The van der Waals surface area contributed by atoms with Crippen LogP contribution in [0, 0.1) is 0 Å². The fourth-order valence-electron chi connectivity index (χ4n) is 1.72. The Morgan fingerprint density at radius 2 is 1.95 bits per heavy atom. The Morgan fingerprint density at radius 3 is 2.45 bits per heavy atom. The maximum Gasteiger partial charge on any atom is 0.419 e. The molecule has 2 aromatic rings. The third-order valence-electron chi connectivity index (χ3n) is 2.82. The molecule has 1 aromatic heterocycles. The van der Waals surface area contributed by atoms with E-state index in [9.17, 15) is 18.3 Å². The van der Waals surface area contributed by atoms with Gasteiger partial charge in [-0.25, -0.2) is 0 Å². The van der Waals surface area contributed by atoms with Gasteiger partial charge in [0.2, 0.25) is 0 Å². The molecule has 108 valence electrons. The van der Waals surface area contributed by atoms with Crippen molar-refractivity contribution in [3.05, 3.63) is 47.8 Å². The molecule has 0 spiro atoms. The second-order valence-corrected chi connectivity index (χ2v) is 4.24. The van der Waals surface area contributed by atoms with Gasteiger partial charge in [-0.2, -0.15) is 18.3 Å². The van der Waals surface area contributed by atoms with Crippen molar-refractivity contribution < 1.29 is 23.0 Å². The molecular formula is C13H13F3N2O2. The highest BCUT2D eigenvalue weighted by Gasteiger charge is 2.32. The van der Waals surface area contributed by atoms with E-state index in [0.717, 1.165) is 17.1 Å². The molecule has 0 aliphatic carbocycles. The Bertz CT molecular complexity index is 564. The van der Waals surface area contributed by atoms with E-state index in [1.807, 2.05) is 0 Å². The number of ether oxygens (including phenoxy) is 1. The van der Waals surface area contributed by atoms with Gasteiger partial charge < -0.3 is 9.84 Å². The highest BCUT2D eigenvalue weighted by molar-refractivity contribution is 5.28. The highest BCUT2D eigenvalue weighted by Crippen LogP contribution is 2.29. The van der Waals surface area contributed by atoms with E-state index < -0.39 is 17.8 Å². The summed E-state index contributed by atoms with van der Waals surface area (Å²) < 4.78 is 43.3. The first kappa shape index (κ1) is 14.4. The van der Waals surface area contributed by atoms with Crippen LogP contribution in [0.1, 0.15) is 17.2 Å². The summed E-state index contributed by atoms with van der Waals surface area (Å²) in [5.41, 5.74) is -0.255. The van der Waals surface area contributed by atoms with Crippen LogP contribution in [0.3, 0.4) is 0 Å². The smallest absolute Gasteiger partial charge is 0.419 e. The van der Waals surface area contributed by atoms with E-state index >= 15 is 0 Å². The van der Waals surface area contributed by atoms with Gasteiger partial charge in [-0.3, -0.25) is 4.68 Å². The predicted octanol–water partition coefficient (Wildman–Crippen LogP) is 2.64. The van der Waals surface area contributed by atoms with E-state index in [1.165, 1.54) is 7.11 Å². The first-order chi connectivity index (χ1) is 9.40. The van der Waals surface area contributed by atoms with E-state index in [-0.39, 0.29) is 6.54 Å². The van der Waals surface area contributed by atoms with Crippen molar-refractivity contribution in [2.75, 3.05) is 7.11 Å². The Kier molecular flexibility index (Phi) is 3.99. The molecule has 1 aromatic carbocycles. The number of aliphatic hydroxyl groups is 1. The van der Waals surface area contributed by atoms with E-state index in [1.54, 1.807) is 24.3 Å². The Hall–Kier alpha value is -2.02. The van der Waals surface area contributed by atoms with Crippen LogP contribution in [0.2, 0.25) is 0 Å². The average Bonchev–Trinajstić information content (AvgIpc) is 2.87. The third-order valence-corrected chi connectivity index (χ3v) is 2.82. The van der Waals surface area contributed by atoms with Crippen LogP contribution in [0.25, 0.3) is 0 Å². The average molecular weight is 286 g/mol. The van der Waals surface area contributed by atoms with E-state index in [4.69, 9.17) is 4.74 Å². The Labute approximate surface area is 113 Å². The van der Waals surface area contributed by atoms with Gasteiger partial charge >= 0.3 is 6.18 Å². The fraction of sp³-hybridized carbons (Fsp3) is 0.308. The molecular weight excluding hydrogens is 273 g/mol. The summed E-state index contributed by atoms with van der Waals surface area (Å²) >= 11 is 0. The second kappa shape index (κ2) is 5.54. The molecule has 0 fully saturated rings. The van der Waals surface area contributed by atoms with E-state index in [0.29, 0.717) is 11.3 Å². The number of halogens is 3. The minimum Gasteiger partial charge on any atom is -0.497 e. The van der Waals surface area contributed by atoms with Crippen LogP contribution >= 0.6 is 0 Å². The number of aliphatic hydroxyl groups excluding tert-OH is 1. The maximum absolute atomic E-state index is 12.4. The molecule has 1 heterocycles. The molecule has 0 aliphatic heterocycles. The molecule has 7 heteroatoms. The maximum atomic E-state index is 12.4. The quantitative estimate of drug-likeness (QED) is 0.940. The molecule has 0 aliphatic rings. The van der Waals surface area contributed by atoms with Crippen molar-refractivity contribution in [3.8, 4) is 5.75 Å². The lowest BCUT2D eigenvalue weighted by Crippen LogP contribution is -2.09. The van der Waals surface area contributed by atoms with Crippen molar-refractivity contribution in [2.24, 2.45) is 0 Å². The molecule has 0 radical (unpaired) electrons. The van der Waals surface area contributed by atoms with Crippen molar-refractivity contribution in [2.45, 2.75) is 18.8 Å². The minimum atomic E-state index is -4.43. The predicted molar refractivity (Wildman–Crippen MR) is 65.2 cm³/mol. The van der Waals surface area contributed by atoms with Crippen molar-refractivity contribution >= 4 is 0 Å². The lowest BCUT2D eigenvalue weighted by Gasteiger charge is -2.11. The number of hydrogen-bond acceptors (Lipinski definition) is 3. The van der Waals surface area contributed by atoms with Crippen molar-refractivity contribution in [1.29, 1.82) is 0 Å². The fourth-order valence-corrected chi connectivity index (χ4v) is 1.72. The summed E-state index contributed by atoms with van der Waals surface area (Å²) in [4.78, 5) is 0. The van der Waals surface area contributed by atoms with Crippen molar-refractivity contribution in [1.82, 2.24) is 9.78 Å². The summed E-state index contributed by atoms with van der Waals surface area (Å²) in [6.07, 6.45) is -3.77. The number of benzene rings is 1. The SMILES string of the molecule is COc1ccc(C(O)Cn2cc(C(F)(F)F)cn2)cc1. The molecule has 4 nitrogen and oxygen atoms in total. The summed E-state index contributed by atoms with van der Waals surface area (Å²) in [6, 6.07) is 6.64. The lowest BCUT2D eigenvalue weighted by atomic mass is 10.1. The Balaban J connectivity index is 2.07. The highest BCUT2D eigenvalue weighted by atomic mass is 19.4. The van der Waals surface area contributed by atoms with Crippen LogP contribution in [0.15, 0.2) is 36.7 Å². The summed E-state index contributed by atoms with van der Waals surface area (Å²) in [5, 5.41) is 13.6. The van der Waals surface area contributed by atoms with Crippen LogP contribution in [0.4, 0.5) is 13.2 Å². The number of methoxy groups -OCH3 is 1. The van der Waals surface area contributed by atoms with Gasteiger partial charge in [0.25, 0.3) is 0 Å². The van der Waals surface area contributed by atoms with Crippen LogP contribution in [-0.4, -0.2) is 22.0 Å². The second-order valence-electron chi connectivity index (χ2n) is 4.24. The molecule has 20 heavy (non-hydrogen) atoms. The van der Waals surface area contributed by atoms with Gasteiger partial charge in [-0.1, -0.05) is 12.1 Å². The van der Waals surface area contributed by atoms with Crippen molar-refractivity contribution in [3.63, 3.8) is 0 Å². The van der Waals surface area contributed by atoms with E-state index in [2.05, 4.69) is 5.10 Å². The molecule has 2 rings (SSSR count). The van der Waals surface area contributed by atoms with Gasteiger partial charge in [0.05, 0.1) is 31.5 Å². The topological polar surface area (TPSA) is 47.3 Å².